The molecule has 0 amide bonds. The van der Waals surface area contributed by atoms with Crippen molar-refractivity contribution < 1.29 is 13.9 Å². The van der Waals surface area contributed by atoms with Crippen LogP contribution in [-0.2, 0) is 6.54 Å². The van der Waals surface area contributed by atoms with E-state index in [1.165, 1.54) is 25.3 Å². The van der Waals surface area contributed by atoms with Gasteiger partial charge in [-0.1, -0.05) is 0 Å². The molecule has 2 rings (SSSR count). The highest BCUT2D eigenvalue weighted by molar-refractivity contribution is 9.10. The zero-order valence-corrected chi connectivity index (χ0v) is 13.0. The summed E-state index contributed by atoms with van der Waals surface area (Å²) in [4.78, 5) is 12.3. The zero-order chi connectivity index (χ0) is 14.9. The maximum absolute atomic E-state index is 13.3. The molecule has 0 atom stereocenters. The molecular weight excluding hydrogens is 327 g/mol. The van der Waals surface area contributed by atoms with Gasteiger partial charge in [0.1, 0.15) is 18.1 Å². The van der Waals surface area contributed by atoms with Gasteiger partial charge in [-0.3, -0.25) is 9.48 Å². The predicted octanol–water partition coefficient (Wildman–Crippen LogP) is 3.29. The second-order valence-corrected chi connectivity index (χ2v) is 5.20. The smallest absolute Gasteiger partial charge is 0.188 e. The fourth-order valence-electron chi connectivity index (χ4n) is 1.95. The number of aromatic nitrogens is 2. The summed E-state index contributed by atoms with van der Waals surface area (Å²) in [5, 5.41) is 4.27. The quantitative estimate of drug-likeness (QED) is 0.802. The number of ether oxygens (including phenoxy) is 1. The topological polar surface area (TPSA) is 44.1 Å². The van der Waals surface area contributed by atoms with Crippen molar-refractivity contribution in [3.63, 3.8) is 0 Å². The van der Waals surface area contributed by atoms with Crippen molar-refractivity contribution in [1.82, 2.24) is 9.78 Å². The number of methoxy groups -OCH3 is 1. The predicted molar refractivity (Wildman–Crippen MR) is 76.7 cm³/mol. The number of hydrogen-bond donors (Lipinski definition) is 0. The lowest BCUT2D eigenvalue weighted by Gasteiger charge is -2.08. The third-order valence-corrected chi connectivity index (χ3v) is 4.20. The Bertz CT molecular complexity index is 667. The van der Waals surface area contributed by atoms with Gasteiger partial charge in [0, 0.05) is 0 Å². The Morgan fingerprint density at radius 3 is 2.70 bits per heavy atom. The number of Topliss-reactive ketones (excluding diaryl/α,β-unsaturated/α-hetero) is 1. The molecule has 0 aliphatic rings. The summed E-state index contributed by atoms with van der Waals surface area (Å²) in [5.74, 6) is -0.361. The van der Waals surface area contributed by atoms with Crippen molar-refractivity contribution in [1.29, 1.82) is 0 Å². The van der Waals surface area contributed by atoms with Crippen molar-refractivity contribution in [3.05, 3.63) is 45.4 Å². The Morgan fingerprint density at radius 2 is 2.15 bits per heavy atom. The summed E-state index contributed by atoms with van der Waals surface area (Å²) in [7, 11) is 1.45. The van der Waals surface area contributed by atoms with Crippen LogP contribution in [0.1, 0.15) is 21.7 Å². The van der Waals surface area contributed by atoms with E-state index >= 15 is 0 Å². The van der Waals surface area contributed by atoms with Gasteiger partial charge < -0.3 is 4.74 Å². The minimum Gasteiger partial charge on any atom is -0.496 e. The molecule has 0 bridgehead atoms. The first-order chi connectivity index (χ1) is 9.43. The van der Waals surface area contributed by atoms with Crippen LogP contribution in [0.2, 0.25) is 0 Å². The average molecular weight is 341 g/mol. The number of nitrogens with zero attached hydrogens (tertiary/aromatic N) is 2. The Hall–Kier alpha value is -1.69. The highest BCUT2D eigenvalue weighted by atomic mass is 79.9. The van der Waals surface area contributed by atoms with Gasteiger partial charge in [-0.15, -0.1) is 0 Å². The molecule has 0 unspecified atom stereocenters. The Balaban J connectivity index is 2.32. The Kier molecular flexibility index (Phi) is 4.23. The molecule has 0 aliphatic heterocycles. The van der Waals surface area contributed by atoms with Crippen LogP contribution in [0.15, 0.2) is 22.7 Å². The van der Waals surface area contributed by atoms with Crippen LogP contribution >= 0.6 is 15.9 Å². The van der Waals surface area contributed by atoms with Gasteiger partial charge in [0.2, 0.25) is 0 Å². The first kappa shape index (κ1) is 14.7. The minimum absolute atomic E-state index is 0.0398. The maximum Gasteiger partial charge on any atom is 0.188 e. The first-order valence-corrected chi connectivity index (χ1v) is 6.79. The Morgan fingerprint density at radius 1 is 1.45 bits per heavy atom. The fraction of sp³-hybridized carbons (Fsp3) is 0.286. The fourth-order valence-corrected chi connectivity index (χ4v) is 2.23. The summed E-state index contributed by atoms with van der Waals surface area (Å²) < 4.78 is 20.8. The molecule has 20 heavy (non-hydrogen) atoms. The van der Waals surface area contributed by atoms with E-state index in [0.29, 0.717) is 5.75 Å². The van der Waals surface area contributed by atoms with E-state index in [2.05, 4.69) is 21.0 Å². The molecule has 1 aromatic heterocycles. The van der Waals surface area contributed by atoms with Gasteiger partial charge in [0.15, 0.2) is 5.78 Å². The molecular formula is C14H14BrFN2O2. The van der Waals surface area contributed by atoms with E-state index in [9.17, 15) is 9.18 Å². The third kappa shape index (κ3) is 2.75. The van der Waals surface area contributed by atoms with E-state index in [4.69, 9.17) is 4.74 Å². The number of aryl methyl sites for hydroxylation is 1. The van der Waals surface area contributed by atoms with Crippen LogP contribution in [-0.4, -0.2) is 22.7 Å². The second kappa shape index (κ2) is 5.75. The van der Waals surface area contributed by atoms with Crippen LogP contribution < -0.4 is 4.74 Å². The van der Waals surface area contributed by atoms with Gasteiger partial charge in [-0.05, 0) is 48.0 Å². The minimum atomic E-state index is -0.469. The number of rotatable bonds is 4. The molecule has 0 radical (unpaired) electrons. The van der Waals surface area contributed by atoms with E-state index in [1.807, 2.05) is 13.8 Å². The van der Waals surface area contributed by atoms with Gasteiger partial charge in [-0.25, -0.2) is 4.39 Å². The van der Waals surface area contributed by atoms with E-state index < -0.39 is 5.82 Å². The second-order valence-electron chi connectivity index (χ2n) is 4.41. The molecule has 6 heteroatoms. The molecule has 0 aliphatic carbocycles. The van der Waals surface area contributed by atoms with Crippen molar-refractivity contribution in [3.8, 4) is 5.75 Å². The number of benzene rings is 1. The molecule has 2 aromatic rings. The van der Waals surface area contributed by atoms with Gasteiger partial charge in [0.25, 0.3) is 0 Å². The highest BCUT2D eigenvalue weighted by Crippen LogP contribution is 2.23. The Labute approximate surface area is 124 Å². The number of ketones is 1. The van der Waals surface area contributed by atoms with Crippen LogP contribution in [0.4, 0.5) is 4.39 Å². The lowest BCUT2D eigenvalue weighted by atomic mass is 10.1. The standard InChI is InChI=1S/C14H14BrFN2O2/c1-8-14(15)9(2)18(17-8)7-12(19)11-6-10(16)4-5-13(11)20-3/h4-6H,7H2,1-3H3. The van der Waals surface area contributed by atoms with Gasteiger partial charge in [-0.2, -0.15) is 5.10 Å². The summed E-state index contributed by atoms with van der Waals surface area (Å²) in [6.07, 6.45) is 0. The number of hydrogen-bond acceptors (Lipinski definition) is 3. The van der Waals surface area contributed by atoms with E-state index in [-0.39, 0.29) is 17.9 Å². The summed E-state index contributed by atoms with van der Waals surface area (Å²) in [6, 6.07) is 3.89. The lowest BCUT2D eigenvalue weighted by molar-refractivity contribution is 0.0963. The van der Waals surface area contributed by atoms with Crippen LogP contribution in [0, 0.1) is 19.7 Å². The number of halogens is 2. The van der Waals surface area contributed by atoms with Gasteiger partial charge in [0.05, 0.1) is 28.5 Å². The third-order valence-electron chi connectivity index (χ3n) is 3.05. The van der Waals surface area contributed by atoms with E-state index in [1.54, 1.807) is 4.68 Å². The average Bonchev–Trinajstić information content (AvgIpc) is 2.66. The lowest BCUT2D eigenvalue weighted by Crippen LogP contribution is -2.14. The van der Waals surface area contributed by atoms with Crippen molar-refractivity contribution in [2.45, 2.75) is 20.4 Å². The molecule has 0 fully saturated rings. The molecule has 106 valence electrons. The molecule has 1 aromatic carbocycles. The normalized spacial score (nSPS) is 10.7. The highest BCUT2D eigenvalue weighted by Gasteiger charge is 2.17. The van der Waals surface area contributed by atoms with Crippen LogP contribution in [0.5, 0.6) is 5.75 Å². The van der Waals surface area contributed by atoms with Crippen LogP contribution in [0.3, 0.4) is 0 Å². The molecule has 0 saturated carbocycles. The number of carbonyl (C=O) groups excluding carboxylic acids is 1. The molecule has 1 heterocycles. The van der Waals surface area contributed by atoms with E-state index in [0.717, 1.165) is 15.9 Å². The maximum atomic E-state index is 13.3. The summed E-state index contributed by atoms with van der Waals surface area (Å²) >= 11 is 3.41. The first-order valence-electron chi connectivity index (χ1n) is 6.00. The summed E-state index contributed by atoms with van der Waals surface area (Å²) in [6.45, 7) is 3.75. The monoisotopic (exact) mass is 340 g/mol. The molecule has 4 nitrogen and oxygen atoms in total. The van der Waals surface area contributed by atoms with Crippen LogP contribution in [0.25, 0.3) is 0 Å². The SMILES string of the molecule is COc1ccc(F)cc1C(=O)Cn1nc(C)c(Br)c1C. The molecule has 0 N–H and O–H groups in total. The van der Waals surface area contributed by atoms with Crippen molar-refractivity contribution in [2.75, 3.05) is 7.11 Å². The molecule has 0 saturated heterocycles. The van der Waals surface area contributed by atoms with Crippen molar-refractivity contribution >= 4 is 21.7 Å². The molecule has 0 spiro atoms. The number of carbonyl (C=O) groups is 1. The van der Waals surface area contributed by atoms with Crippen molar-refractivity contribution in [2.24, 2.45) is 0 Å². The van der Waals surface area contributed by atoms with Gasteiger partial charge >= 0.3 is 0 Å². The largest absolute Gasteiger partial charge is 0.496 e. The summed E-state index contributed by atoms with van der Waals surface area (Å²) in [5.41, 5.74) is 1.88. The zero-order valence-electron chi connectivity index (χ0n) is 11.4.